The Hall–Kier alpha value is -1.98. The molecule has 1 atom stereocenters. The highest BCUT2D eigenvalue weighted by atomic mass is 32.2. The Morgan fingerprint density at radius 1 is 1.16 bits per heavy atom. The smallest absolute Gasteiger partial charge is 0.224 e. The molecule has 0 spiro atoms. The summed E-state index contributed by atoms with van der Waals surface area (Å²) >= 11 is 1.68. The van der Waals surface area contributed by atoms with Crippen molar-refractivity contribution in [3.63, 3.8) is 0 Å². The van der Waals surface area contributed by atoms with E-state index in [-0.39, 0.29) is 12.0 Å². The second-order valence-corrected chi connectivity index (χ2v) is 7.17. The second-order valence-electron chi connectivity index (χ2n) is 6.02. The van der Waals surface area contributed by atoms with Gasteiger partial charge in [-0.1, -0.05) is 11.8 Å². The van der Waals surface area contributed by atoms with Crippen LogP contribution in [-0.4, -0.2) is 25.7 Å². The van der Waals surface area contributed by atoms with E-state index in [0.29, 0.717) is 6.42 Å². The number of nitrogens with one attached hydrogen (secondary N) is 1. The maximum absolute atomic E-state index is 12.0. The van der Waals surface area contributed by atoms with Gasteiger partial charge in [0, 0.05) is 28.5 Å². The van der Waals surface area contributed by atoms with Crippen LogP contribution in [0.25, 0.3) is 0 Å². The van der Waals surface area contributed by atoms with E-state index in [4.69, 9.17) is 9.47 Å². The largest absolute Gasteiger partial charge is 0.497 e. The van der Waals surface area contributed by atoms with Crippen LogP contribution in [-0.2, 0) is 9.53 Å². The fourth-order valence-corrected chi connectivity index (χ4v) is 3.59. The molecule has 3 rings (SSSR count). The molecule has 0 aromatic heterocycles. The van der Waals surface area contributed by atoms with Gasteiger partial charge in [-0.25, -0.2) is 0 Å². The summed E-state index contributed by atoms with van der Waals surface area (Å²) in [4.78, 5) is 14.3. The number of benzene rings is 2. The Kier molecular flexibility index (Phi) is 6.36. The van der Waals surface area contributed by atoms with Gasteiger partial charge in [0.2, 0.25) is 5.91 Å². The molecule has 1 saturated heterocycles. The molecule has 0 saturated carbocycles. The standard InChI is InChI=1S/C20H23NO3S/c1-23-16-6-11-19(12-7-16)25-18-9-4-15(5-10-18)21-20(22)13-8-17-3-2-14-24-17/h4-7,9-12,17H,2-3,8,13-14H2,1H3,(H,21,22). The van der Waals surface area contributed by atoms with Crippen LogP contribution in [0.1, 0.15) is 25.7 Å². The average Bonchev–Trinajstić information content (AvgIpc) is 3.16. The topological polar surface area (TPSA) is 47.6 Å². The van der Waals surface area contributed by atoms with Gasteiger partial charge in [0.25, 0.3) is 0 Å². The quantitative estimate of drug-likeness (QED) is 0.777. The first kappa shape index (κ1) is 17.8. The van der Waals surface area contributed by atoms with Crippen LogP contribution in [0.15, 0.2) is 58.3 Å². The van der Waals surface area contributed by atoms with Gasteiger partial charge >= 0.3 is 0 Å². The Morgan fingerprint density at radius 3 is 2.44 bits per heavy atom. The lowest BCUT2D eigenvalue weighted by Gasteiger charge is -2.10. The van der Waals surface area contributed by atoms with E-state index >= 15 is 0 Å². The SMILES string of the molecule is COc1ccc(Sc2ccc(NC(=O)CCC3CCCO3)cc2)cc1. The highest BCUT2D eigenvalue weighted by molar-refractivity contribution is 7.99. The zero-order valence-corrected chi connectivity index (χ0v) is 15.2. The van der Waals surface area contributed by atoms with Crippen molar-refractivity contribution in [3.05, 3.63) is 48.5 Å². The van der Waals surface area contributed by atoms with Gasteiger partial charge in [0.05, 0.1) is 13.2 Å². The minimum absolute atomic E-state index is 0.0473. The first-order valence-electron chi connectivity index (χ1n) is 8.56. The Morgan fingerprint density at radius 2 is 1.84 bits per heavy atom. The van der Waals surface area contributed by atoms with Gasteiger partial charge in [-0.15, -0.1) is 0 Å². The number of hydrogen-bond acceptors (Lipinski definition) is 4. The molecule has 2 aromatic carbocycles. The van der Waals surface area contributed by atoms with Gasteiger partial charge in [-0.3, -0.25) is 4.79 Å². The molecule has 5 heteroatoms. The zero-order chi connectivity index (χ0) is 17.5. The Labute approximate surface area is 152 Å². The van der Waals surface area contributed by atoms with Gasteiger partial charge < -0.3 is 14.8 Å². The first-order chi connectivity index (χ1) is 12.2. The van der Waals surface area contributed by atoms with Crippen molar-refractivity contribution in [3.8, 4) is 5.75 Å². The molecule has 0 radical (unpaired) electrons. The molecule has 1 amide bonds. The molecular formula is C20H23NO3S. The average molecular weight is 357 g/mol. The fourth-order valence-electron chi connectivity index (χ4n) is 2.77. The molecule has 1 aliphatic heterocycles. The summed E-state index contributed by atoms with van der Waals surface area (Å²) in [5.74, 6) is 0.900. The summed E-state index contributed by atoms with van der Waals surface area (Å²) < 4.78 is 10.7. The van der Waals surface area contributed by atoms with Gasteiger partial charge in [-0.05, 0) is 67.8 Å². The van der Waals surface area contributed by atoms with Crippen molar-refractivity contribution in [1.29, 1.82) is 0 Å². The van der Waals surface area contributed by atoms with Crippen LogP contribution < -0.4 is 10.1 Å². The molecule has 25 heavy (non-hydrogen) atoms. The van der Waals surface area contributed by atoms with E-state index < -0.39 is 0 Å². The second kappa shape index (κ2) is 8.92. The maximum Gasteiger partial charge on any atom is 0.224 e. The summed E-state index contributed by atoms with van der Waals surface area (Å²) in [6.07, 6.45) is 3.75. The van der Waals surface area contributed by atoms with Crippen molar-refractivity contribution >= 4 is 23.4 Å². The van der Waals surface area contributed by atoms with E-state index in [0.717, 1.165) is 47.1 Å². The summed E-state index contributed by atoms with van der Waals surface area (Å²) in [6.45, 7) is 0.833. The number of ether oxygens (including phenoxy) is 2. The number of methoxy groups -OCH3 is 1. The van der Waals surface area contributed by atoms with Crippen LogP contribution in [0.3, 0.4) is 0 Å². The molecule has 0 aliphatic carbocycles. The Balaban J connectivity index is 1.48. The van der Waals surface area contributed by atoms with Crippen LogP contribution >= 0.6 is 11.8 Å². The van der Waals surface area contributed by atoms with E-state index in [2.05, 4.69) is 5.32 Å². The molecule has 1 aliphatic rings. The predicted molar refractivity (Wildman–Crippen MR) is 100 cm³/mol. The third-order valence-electron chi connectivity index (χ3n) is 4.15. The molecule has 132 valence electrons. The molecule has 4 nitrogen and oxygen atoms in total. The molecule has 2 aromatic rings. The molecule has 1 N–H and O–H groups in total. The van der Waals surface area contributed by atoms with Crippen LogP contribution in [0.2, 0.25) is 0 Å². The fraction of sp³-hybridized carbons (Fsp3) is 0.350. The Bertz CT molecular complexity index is 679. The van der Waals surface area contributed by atoms with E-state index in [1.54, 1.807) is 18.9 Å². The van der Waals surface area contributed by atoms with Crippen LogP contribution in [0.5, 0.6) is 5.75 Å². The molecule has 0 bridgehead atoms. The van der Waals surface area contributed by atoms with E-state index in [9.17, 15) is 4.79 Å². The lowest BCUT2D eigenvalue weighted by Crippen LogP contribution is -2.15. The van der Waals surface area contributed by atoms with Gasteiger partial charge in [0.1, 0.15) is 5.75 Å². The molecule has 1 fully saturated rings. The molecule has 1 heterocycles. The number of carbonyl (C=O) groups excluding carboxylic acids is 1. The van der Waals surface area contributed by atoms with E-state index in [1.165, 1.54) is 0 Å². The summed E-state index contributed by atoms with van der Waals surface area (Å²) in [6, 6.07) is 15.9. The lowest BCUT2D eigenvalue weighted by molar-refractivity contribution is -0.116. The van der Waals surface area contributed by atoms with Gasteiger partial charge in [-0.2, -0.15) is 0 Å². The highest BCUT2D eigenvalue weighted by Gasteiger charge is 2.16. The minimum Gasteiger partial charge on any atom is -0.497 e. The predicted octanol–water partition coefficient (Wildman–Crippen LogP) is 4.74. The van der Waals surface area contributed by atoms with Crippen molar-refractivity contribution in [2.45, 2.75) is 41.6 Å². The third-order valence-corrected chi connectivity index (χ3v) is 5.17. The summed E-state index contributed by atoms with van der Waals surface area (Å²) in [5.41, 5.74) is 0.830. The monoisotopic (exact) mass is 357 g/mol. The number of carbonyl (C=O) groups is 1. The number of hydrogen-bond donors (Lipinski definition) is 1. The molecular weight excluding hydrogens is 334 g/mol. The molecule has 1 unspecified atom stereocenters. The first-order valence-corrected chi connectivity index (χ1v) is 9.38. The normalized spacial score (nSPS) is 16.6. The van der Waals surface area contributed by atoms with Gasteiger partial charge in [0.15, 0.2) is 0 Å². The number of rotatable bonds is 7. The van der Waals surface area contributed by atoms with Crippen molar-refractivity contribution in [1.82, 2.24) is 0 Å². The van der Waals surface area contributed by atoms with E-state index in [1.807, 2.05) is 48.5 Å². The number of amides is 1. The maximum atomic E-state index is 12.0. The lowest BCUT2D eigenvalue weighted by atomic mass is 10.1. The van der Waals surface area contributed by atoms with Crippen molar-refractivity contribution < 1.29 is 14.3 Å². The van der Waals surface area contributed by atoms with Crippen LogP contribution in [0.4, 0.5) is 5.69 Å². The van der Waals surface area contributed by atoms with Crippen LogP contribution in [0, 0.1) is 0 Å². The highest BCUT2D eigenvalue weighted by Crippen LogP contribution is 2.29. The zero-order valence-electron chi connectivity index (χ0n) is 14.4. The van der Waals surface area contributed by atoms with Crippen molar-refractivity contribution in [2.75, 3.05) is 19.0 Å². The minimum atomic E-state index is 0.0473. The summed E-state index contributed by atoms with van der Waals surface area (Å²) in [5, 5.41) is 2.95. The number of anilines is 1. The third kappa shape index (κ3) is 5.51. The van der Waals surface area contributed by atoms with Crippen molar-refractivity contribution in [2.24, 2.45) is 0 Å². The summed E-state index contributed by atoms with van der Waals surface area (Å²) in [7, 11) is 1.66.